The predicted molar refractivity (Wildman–Crippen MR) is 81.3 cm³/mol. The topological polar surface area (TPSA) is 61.8 Å². The van der Waals surface area contributed by atoms with Gasteiger partial charge >= 0.3 is 0 Å². The Hall–Kier alpha value is -2.05. The van der Waals surface area contributed by atoms with Crippen molar-refractivity contribution < 1.29 is 18.9 Å². The minimum Gasteiger partial charge on any atom is -0.454 e. The Morgan fingerprint density at radius 1 is 1.27 bits per heavy atom. The van der Waals surface area contributed by atoms with Crippen molar-refractivity contribution in [2.75, 3.05) is 25.3 Å². The number of nitrogens with zero attached hydrogens (tertiary/aromatic N) is 1. The van der Waals surface area contributed by atoms with Gasteiger partial charge in [0.15, 0.2) is 17.3 Å². The molecule has 22 heavy (non-hydrogen) atoms. The van der Waals surface area contributed by atoms with Crippen LogP contribution in [0.1, 0.15) is 13.8 Å². The molecule has 0 radical (unpaired) electrons. The molecule has 0 bridgehead atoms. The normalized spacial score (nSPS) is 22.2. The molecule has 1 unspecified atom stereocenters. The Balaban J connectivity index is 1.57. The highest BCUT2D eigenvalue weighted by atomic mass is 16.7. The summed E-state index contributed by atoms with van der Waals surface area (Å²) in [4.78, 5) is 4.39. The number of ether oxygens (including phenoxy) is 4. The lowest BCUT2D eigenvalue weighted by molar-refractivity contribution is -0.136. The number of hydrogen-bond donors (Lipinski definition) is 1. The van der Waals surface area contributed by atoms with Gasteiger partial charge in [0.25, 0.3) is 0 Å². The van der Waals surface area contributed by atoms with Gasteiger partial charge in [-0.3, -0.25) is 4.98 Å². The molecule has 0 saturated carbocycles. The Kier molecular flexibility index (Phi) is 3.09. The number of pyridine rings is 1. The second-order valence-corrected chi connectivity index (χ2v) is 5.91. The summed E-state index contributed by atoms with van der Waals surface area (Å²) < 4.78 is 22.2. The maximum Gasteiger partial charge on any atom is 0.231 e. The van der Waals surface area contributed by atoms with E-state index in [1.165, 1.54) is 0 Å². The number of hydrogen-bond acceptors (Lipinski definition) is 6. The van der Waals surface area contributed by atoms with E-state index in [1.807, 2.05) is 32.0 Å². The molecule has 1 fully saturated rings. The number of benzene rings is 1. The van der Waals surface area contributed by atoms with Crippen LogP contribution in [0.25, 0.3) is 10.9 Å². The van der Waals surface area contributed by atoms with Crippen LogP contribution in [0.2, 0.25) is 0 Å². The molecule has 116 valence electrons. The van der Waals surface area contributed by atoms with Crippen LogP contribution in [-0.2, 0) is 9.47 Å². The Morgan fingerprint density at radius 2 is 2.09 bits per heavy atom. The van der Waals surface area contributed by atoms with Crippen molar-refractivity contribution in [2.24, 2.45) is 0 Å². The molecule has 0 spiro atoms. The quantitative estimate of drug-likeness (QED) is 0.940. The van der Waals surface area contributed by atoms with E-state index >= 15 is 0 Å². The lowest BCUT2D eigenvalue weighted by Crippen LogP contribution is -2.26. The van der Waals surface area contributed by atoms with Gasteiger partial charge in [0.05, 0.1) is 12.1 Å². The molecule has 2 aromatic rings. The largest absolute Gasteiger partial charge is 0.454 e. The monoisotopic (exact) mass is 302 g/mol. The molecule has 2 aliphatic rings. The molecule has 1 N–H and O–H groups in total. The van der Waals surface area contributed by atoms with E-state index in [0.29, 0.717) is 13.2 Å². The summed E-state index contributed by atoms with van der Waals surface area (Å²) >= 11 is 0. The van der Waals surface area contributed by atoms with E-state index in [4.69, 9.17) is 18.9 Å². The zero-order valence-electron chi connectivity index (χ0n) is 12.6. The minimum absolute atomic E-state index is 0.0345. The molecule has 6 nitrogen and oxygen atoms in total. The standard InChI is InChI=1S/C16H18N2O4/c1-16(2)21-8-10(22-16)7-18-12-3-4-17-13-6-15-14(5-11(12)13)19-9-20-15/h3-6,10H,7-9H2,1-2H3,(H,17,18). The average molecular weight is 302 g/mol. The van der Waals surface area contributed by atoms with Crippen molar-refractivity contribution in [1.82, 2.24) is 4.98 Å². The fourth-order valence-corrected chi connectivity index (χ4v) is 2.78. The molecular weight excluding hydrogens is 284 g/mol. The van der Waals surface area contributed by atoms with E-state index in [0.717, 1.165) is 28.1 Å². The van der Waals surface area contributed by atoms with Crippen molar-refractivity contribution in [1.29, 1.82) is 0 Å². The van der Waals surface area contributed by atoms with Crippen LogP contribution in [-0.4, -0.2) is 36.8 Å². The summed E-state index contributed by atoms with van der Waals surface area (Å²) in [6.07, 6.45) is 1.82. The summed E-state index contributed by atoms with van der Waals surface area (Å²) in [7, 11) is 0. The first-order chi connectivity index (χ1) is 10.6. The Labute approximate surface area is 128 Å². The first kappa shape index (κ1) is 13.6. The zero-order valence-corrected chi connectivity index (χ0v) is 12.6. The fraction of sp³-hybridized carbons (Fsp3) is 0.438. The van der Waals surface area contributed by atoms with Gasteiger partial charge in [-0.05, 0) is 26.0 Å². The van der Waals surface area contributed by atoms with Crippen molar-refractivity contribution in [2.45, 2.75) is 25.7 Å². The summed E-state index contributed by atoms with van der Waals surface area (Å²) in [6, 6.07) is 5.82. The number of rotatable bonds is 3. The Bertz CT molecular complexity index is 717. The van der Waals surface area contributed by atoms with Gasteiger partial charge in [0.2, 0.25) is 6.79 Å². The molecule has 3 heterocycles. The number of fused-ring (bicyclic) bond motifs is 2. The maximum absolute atomic E-state index is 5.81. The zero-order chi connectivity index (χ0) is 15.2. The number of aromatic nitrogens is 1. The third kappa shape index (κ3) is 2.44. The molecule has 4 rings (SSSR count). The highest BCUT2D eigenvalue weighted by Crippen LogP contribution is 2.37. The second kappa shape index (κ2) is 5.00. The minimum atomic E-state index is -0.501. The van der Waals surface area contributed by atoms with Gasteiger partial charge < -0.3 is 24.3 Å². The van der Waals surface area contributed by atoms with Gasteiger partial charge in [-0.25, -0.2) is 0 Å². The van der Waals surface area contributed by atoms with Gasteiger partial charge in [0.1, 0.15) is 6.10 Å². The molecule has 2 aliphatic heterocycles. The molecule has 0 aliphatic carbocycles. The van der Waals surface area contributed by atoms with Crippen LogP contribution in [0.5, 0.6) is 11.5 Å². The molecule has 1 atom stereocenters. The number of anilines is 1. The SMILES string of the molecule is CC1(C)OCC(CNc2ccnc3cc4c(cc23)OCO4)O1. The molecule has 1 saturated heterocycles. The van der Waals surface area contributed by atoms with E-state index in [-0.39, 0.29) is 12.9 Å². The molecule has 6 heteroatoms. The fourth-order valence-electron chi connectivity index (χ4n) is 2.78. The highest BCUT2D eigenvalue weighted by Gasteiger charge is 2.32. The third-order valence-corrected chi connectivity index (χ3v) is 3.82. The summed E-state index contributed by atoms with van der Waals surface area (Å²) in [5.74, 6) is 0.995. The van der Waals surface area contributed by atoms with E-state index in [1.54, 1.807) is 6.20 Å². The van der Waals surface area contributed by atoms with Crippen molar-refractivity contribution >= 4 is 16.6 Å². The van der Waals surface area contributed by atoms with Crippen molar-refractivity contribution in [3.8, 4) is 11.5 Å². The highest BCUT2D eigenvalue weighted by molar-refractivity contribution is 5.93. The van der Waals surface area contributed by atoms with E-state index in [2.05, 4.69) is 10.3 Å². The number of nitrogens with one attached hydrogen (secondary N) is 1. The third-order valence-electron chi connectivity index (χ3n) is 3.82. The van der Waals surface area contributed by atoms with Crippen LogP contribution in [0.4, 0.5) is 5.69 Å². The lowest BCUT2D eigenvalue weighted by atomic mass is 10.1. The first-order valence-electron chi connectivity index (χ1n) is 7.35. The van der Waals surface area contributed by atoms with Crippen molar-refractivity contribution in [3.63, 3.8) is 0 Å². The molecule has 1 aromatic heterocycles. The average Bonchev–Trinajstić information content (AvgIpc) is 3.08. The van der Waals surface area contributed by atoms with Gasteiger partial charge in [-0.15, -0.1) is 0 Å². The van der Waals surface area contributed by atoms with Gasteiger partial charge in [-0.1, -0.05) is 0 Å². The summed E-state index contributed by atoms with van der Waals surface area (Å²) in [5, 5.41) is 4.42. The maximum atomic E-state index is 5.81. The summed E-state index contributed by atoms with van der Waals surface area (Å²) in [5.41, 5.74) is 1.87. The second-order valence-electron chi connectivity index (χ2n) is 5.91. The lowest BCUT2D eigenvalue weighted by Gasteiger charge is -2.18. The Morgan fingerprint density at radius 3 is 2.86 bits per heavy atom. The van der Waals surface area contributed by atoms with Crippen LogP contribution in [0.15, 0.2) is 24.4 Å². The predicted octanol–water partition coefficient (Wildman–Crippen LogP) is 2.53. The smallest absolute Gasteiger partial charge is 0.231 e. The van der Waals surface area contributed by atoms with Gasteiger partial charge in [0, 0.05) is 29.9 Å². The molecule has 0 amide bonds. The van der Waals surface area contributed by atoms with Crippen LogP contribution < -0.4 is 14.8 Å². The van der Waals surface area contributed by atoms with Crippen LogP contribution >= 0.6 is 0 Å². The van der Waals surface area contributed by atoms with Crippen LogP contribution in [0, 0.1) is 0 Å². The molecular formula is C16H18N2O4. The molecule has 1 aromatic carbocycles. The van der Waals surface area contributed by atoms with Gasteiger partial charge in [-0.2, -0.15) is 0 Å². The van der Waals surface area contributed by atoms with E-state index < -0.39 is 5.79 Å². The van der Waals surface area contributed by atoms with Crippen molar-refractivity contribution in [3.05, 3.63) is 24.4 Å². The van der Waals surface area contributed by atoms with E-state index in [9.17, 15) is 0 Å². The summed E-state index contributed by atoms with van der Waals surface area (Å²) in [6.45, 7) is 5.38. The van der Waals surface area contributed by atoms with Crippen LogP contribution in [0.3, 0.4) is 0 Å². The first-order valence-corrected chi connectivity index (χ1v) is 7.35.